The summed E-state index contributed by atoms with van der Waals surface area (Å²) in [6, 6.07) is 10.3. The molecule has 1 heterocycles. The number of hydrogen-bond acceptors (Lipinski definition) is 6. The smallest absolute Gasteiger partial charge is 0.419 e. The molecule has 1 aliphatic heterocycles. The van der Waals surface area contributed by atoms with Crippen LogP contribution in [0.5, 0.6) is 0 Å². The van der Waals surface area contributed by atoms with Crippen LogP contribution in [-0.4, -0.2) is 52.1 Å². The Labute approximate surface area is 192 Å². The number of β-amino-alcohol motifs (C(OH)–C–C–N with tert-alkyl or cyclic N) is 1. The average Bonchev–Trinajstić information content (AvgIpc) is 2.69. The molecule has 2 aromatic carbocycles. The Hall–Kier alpha value is -2.92. The van der Waals surface area contributed by atoms with Crippen LogP contribution in [0.2, 0.25) is 0 Å². The van der Waals surface area contributed by atoms with Crippen LogP contribution >= 0.6 is 11.8 Å². The molecule has 1 atom stereocenters. The zero-order valence-electron chi connectivity index (χ0n) is 18.1. The molecule has 178 valence electrons. The van der Waals surface area contributed by atoms with Gasteiger partial charge in [-0.15, -0.1) is 0 Å². The van der Waals surface area contributed by atoms with Crippen molar-refractivity contribution in [1.29, 1.82) is 0 Å². The Morgan fingerprint density at radius 2 is 1.73 bits per heavy atom. The molecule has 0 spiro atoms. The van der Waals surface area contributed by atoms with Crippen LogP contribution in [0.4, 0.5) is 34.1 Å². The number of para-hydroxylation sites is 1. The van der Waals surface area contributed by atoms with Crippen LogP contribution < -0.4 is 4.90 Å². The Morgan fingerprint density at radius 1 is 1.09 bits per heavy atom. The predicted octanol–water partition coefficient (Wildman–Crippen LogP) is 5.58. The fourth-order valence-corrected chi connectivity index (χ4v) is 4.31. The highest BCUT2D eigenvalue weighted by Crippen LogP contribution is 2.49. The Morgan fingerprint density at radius 3 is 2.33 bits per heavy atom. The molecule has 0 radical (unpaired) electrons. The molecule has 2 aromatic rings. The minimum atomic E-state index is -4.56. The van der Waals surface area contributed by atoms with E-state index in [0.29, 0.717) is 15.5 Å². The first-order valence-corrected chi connectivity index (χ1v) is 10.7. The first-order chi connectivity index (χ1) is 15.3. The molecule has 2 amide bonds. The summed E-state index contributed by atoms with van der Waals surface area (Å²) in [5, 5.41) is 20.1. The van der Waals surface area contributed by atoms with Crippen molar-refractivity contribution in [2.75, 3.05) is 18.0 Å². The van der Waals surface area contributed by atoms with Crippen LogP contribution in [0.25, 0.3) is 0 Å². The number of hydrogen-bond donors (Lipinski definition) is 2. The summed E-state index contributed by atoms with van der Waals surface area (Å²) in [4.78, 5) is 27.0. The SMILES string of the molecule is CC(C)(C)OC(=O)N(CC(O)CN1c2ccccc2Sc2ccc(C(F)(F)F)cc21)C(=O)O. The van der Waals surface area contributed by atoms with E-state index in [4.69, 9.17) is 4.74 Å². The number of rotatable bonds is 4. The summed E-state index contributed by atoms with van der Waals surface area (Å²) in [7, 11) is 0. The van der Waals surface area contributed by atoms with Gasteiger partial charge < -0.3 is 19.8 Å². The van der Waals surface area contributed by atoms with Crippen molar-refractivity contribution in [3.05, 3.63) is 48.0 Å². The summed E-state index contributed by atoms with van der Waals surface area (Å²) in [6.07, 6.45) is -8.73. The van der Waals surface area contributed by atoms with Crippen molar-refractivity contribution < 1.29 is 37.7 Å². The molecular formula is C22H23F3N2O5S. The van der Waals surface area contributed by atoms with Gasteiger partial charge in [0, 0.05) is 9.79 Å². The van der Waals surface area contributed by atoms with Crippen LogP contribution in [0.15, 0.2) is 52.3 Å². The quantitative estimate of drug-likeness (QED) is 0.585. The summed E-state index contributed by atoms with van der Waals surface area (Å²) < 4.78 is 45.1. The highest BCUT2D eigenvalue weighted by molar-refractivity contribution is 7.99. The molecule has 1 unspecified atom stereocenters. The third-order valence-electron chi connectivity index (χ3n) is 4.58. The van der Waals surface area contributed by atoms with E-state index in [2.05, 4.69) is 0 Å². The first kappa shape index (κ1) is 24.7. The standard InChI is InChI=1S/C22H23F3N2O5S/c1-21(2,3)32-20(31)27(19(29)30)12-14(28)11-26-15-6-4-5-7-17(15)33-18-9-8-13(10-16(18)26)22(23,24)25/h4-10,14,28H,11-12H2,1-3H3,(H,29,30). The minimum absolute atomic E-state index is 0.228. The number of alkyl halides is 3. The number of carbonyl (C=O) groups is 2. The number of carbonyl (C=O) groups excluding carboxylic acids is 1. The normalized spacial score (nSPS) is 14.2. The van der Waals surface area contributed by atoms with Gasteiger partial charge in [0.1, 0.15) is 5.60 Å². The highest BCUT2D eigenvalue weighted by Gasteiger charge is 2.35. The number of halogens is 3. The molecule has 11 heteroatoms. The Kier molecular flexibility index (Phi) is 6.85. The van der Waals surface area contributed by atoms with Gasteiger partial charge >= 0.3 is 18.4 Å². The lowest BCUT2D eigenvalue weighted by Crippen LogP contribution is -2.46. The number of ether oxygens (including phenoxy) is 1. The van der Waals surface area contributed by atoms with Crippen molar-refractivity contribution in [3.63, 3.8) is 0 Å². The van der Waals surface area contributed by atoms with Gasteiger partial charge in [-0.1, -0.05) is 23.9 Å². The average molecular weight is 484 g/mol. The van der Waals surface area contributed by atoms with Crippen LogP contribution in [0, 0.1) is 0 Å². The van der Waals surface area contributed by atoms with Gasteiger partial charge in [-0.05, 0) is 51.1 Å². The third kappa shape index (κ3) is 5.91. The lowest BCUT2D eigenvalue weighted by Gasteiger charge is -2.35. The maximum Gasteiger partial charge on any atom is 0.419 e. The van der Waals surface area contributed by atoms with Gasteiger partial charge in [0.15, 0.2) is 0 Å². The fraction of sp³-hybridized carbons (Fsp3) is 0.364. The molecule has 0 bridgehead atoms. The molecule has 0 saturated carbocycles. The van der Waals surface area contributed by atoms with Gasteiger partial charge in [-0.2, -0.15) is 13.2 Å². The number of amides is 2. The number of imide groups is 1. The summed E-state index contributed by atoms with van der Waals surface area (Å²) in [5.74, 6) is 0. The van der Waals surface area contributed by atoms with Gasteiger partial charge in [0.05, 0.1) is 36.1 Å². The van der Waals surface area contributed by atoms with Gasteiger partial charge in [0.25, 0.3) is 0 Å². The van der Waals surface area contributed by atoms with E-state index >= 15 is 0 Å². The second kappa shape index (κ2) is 9.14. The maximum absolute atomic E-state index is 13.3. The number of aliphatic hydroxyl groups excluding tert-OH is 1. The lowest BCUT2D eigenvalue weighted by atomic mass is 10.1. The predicted molar refractivity (Wildman–Crippen MR) is 116 cm³/mol. The number of fused-ring (bicyclic) bond motifs is 2. The van der Waals surface area contributed by atoms with Crippen molar-refractivity contribution >= 4 is 35.3 Å². The van der Waals surface area contributed by atoms with Gasteiger partial charge in [-0.25, -0.2) is 14.5 Å². The van der Waals surface area contributed by atoms with E-state index < -0.39 is 42.2 Å². The number of nitrogens with zero attached hydrogens (tertiary/aromatic N) is 2. The largest absolute Gasteiger partial charge is 0.465 e. The molecule has 0 aliphatic carbocycles. The van der Waals surface area contributed by atoms with Crippen molar-refractivity contribution in [3.8, 4) is 0 Å². The van der Waals surface area contributed by atoms with Crippen LogP contribution in [-0.2, 0) is 10.9 Å². The van der Waals surface area contributed by atoms with E-state index in [1.165, 1.54) is 22.7 Å². The van der Waals surface area contributed by atoms with Crippen LogP contribution in [0.3, 0.4) is 0 Å². The Balaban J connectivity index is 1.90. The van der Waals surface area contributed by atoms with Gasteiger partial charge in [-0.3, -0.25) is 0 Å². The van der Waals surface area contributed by atoms with E-state index in [1.807, 2.05) is 0 Å². The highest BCUT2D eigenvalue weighted by atomic mass is 32.2. The summed E-state index contributed by atoms with van der Waals surface area (Å²) in [5.41, 5.74) is -1.01. The van der Waals surface area contributed by atoms with Crippen LogP contribution in [0.1, 0.15) is 26.3 Å². The lowest BCUT2D eigenvalue weighted by molar-refractivity contribution is -0.137. The van der Waals surface area contributed by atoms with Crippen molar-refractivity contribution in [1.82, 2.24) is 4.90 Å². The molecular weight excluding hydrogens is 461 g/mol. The van der Waals surface area contributed by atoms with E-state index in [9.17, 15) is 33.0 Å². The first-order valence-electron chi connectivity index (χ1n) is 9.93. The molecule has 0 saturated heterocycles. The number of anilines is 2. The van der Waals surface area contributed by atoms with E-state index in [1.54, 1.807) is 45.0 Å². The fourth-order valence-electron chi connectivity index (χ4n) is 3.23. The Bertz CT molecular complexity index is 1060. The van der Waals surface area contributed by atoms with Crippen molar-refractivity contribution in [2.24, 2.45) is 0 Å². The molecule has 33 heavy (non-hydrogen) atoms. The van der Waals surface area contributed by atoms with E-state index in [0.717, 1.165) is 17.0 Å². The topological polar surface area (TPSA) is 90.3 Å². The second-order valence-corrected chi connectivity index (χ2v) is 9.47. The molecule has 0 aromatic heterocycles. The summed E-state index contributed by atoms with van der Waals surface area (Å²) >= 11 is 1.29. The molecule has 0 fully saturated rings. The maximum atomic E-state index is 13.3. The molecule has 2 N–H and O–H groups in total. The zero-order chi connectivity index (χ0) is 24.6. The molecule has 1 aliphatic rings. The van der Waals surface area contributed by atoms with Crippen molar-refractivity contribution in [2.45, 2.75) is 48.4 Å². The molecule has 7 nitrogen and oxygen atoms in total. The minimum Gasteiger partial charge on any atom is -0.465 e. The second-order valence-electron chi connectivity index (χ2n) is 8.39. The summed E-state index contributed by atoms with van der Waals surface area (Å²) in [6.45, 7) is 3.83. The monoisotopic (exact) mass is 484 g/mol. The van der Waals surface area contributed by atoms with E-state index in [-0.39, 0.29) is 12.2 Å². The number of benzene rings is 2. The van der Waals surface area contributed by atoms with Gasteiger partial charge in [0.2, 0.25) is 0 Å². The molecule has 3 rings (SSSR count). The number of carboxylic acid groups (broad SMARTS) is 1. The third-order valence-corrected chi connectivity index (χ3v) is 5.71. The zero-order valence-corrected chi connectivity index (χ0v) is 18.9. The number of aliphatic hydroxyl groups is 1.